The zero-order valence-electron chi connectivity index (χ0n) is 12.7. The SMILES string of the molecule is O=C(CCCc1ccccc1Cl)NCC(=O)Nc1ccccc1. The Morgan fingerprint density at radius 3 is 2.35 bits per heavy atom. The van der Waals surface area contributed by atoms with Crippen LogP contribution in [0.2, 0.25) is 5.02 Å². The van der Waals surface area contributed by atoms with E-state index in [2.05, 4.69) is 10.6 Å². The number of para-hydroxylation sites is 1. The van der Waals surface area contributed by atoms with Gasteiger partial charge < -0.3 is 10.6 Å². The van der Waals surface area contributed by atoms with Crippen molar-refractivity contribution in [3.63, 3.8) is 0 Å². The molecule has 0 heterocycles. The summed E-state index contributed by atoms with van der Waals surface area (Å²) in [5.74, 6) is -0.379. The molecule has 0 spiro atoms. The van der Waals surface area contributed by atoms with Crippen LogP contribution in [0.25, 0.3) is 0 Å². The maximum atomic E-state index is 11.8. The average Bonchev–Trinajstić information content (AvgIpc) is 2.56. The molecule has 0 saturated heterocycles. The van der Waals surface area contributed by atoms with Crippen LogP contribution in [0.3, 0.4) is 0 Å². The van der Waals surface area contributed by atoms with E-state index >= 15 is 0 Å². The first-order chi connectivity index (χ1) is 11.1. The molecule has 0 saturated carbocycles. The van der Waals surface area contributed by atoms with E-state index in [1.807, 2.05) is 42.5 Å². The fraction of sp³-hybridized carbons (Fsp3) is 0.222. The van der Waals surface area contributed by atoms with Gasteiger partial charge in [-0.2, -0.15) is 0 Å². The molecule has 0 aromatic heterocycles. The van der Waals surface area contributed by atoms with E-state index < -0.39 is 0 Å². The van der Waals surface area contributed by atoms with Crippen molar-refractivity contribution >= 4 is 29.1 Å². The quantitative estimate of drug-likeness (QED) is 0.817. The molecule has 0 unspecified atom stereocenters. The van der Waals surface area contributed by atoms with Gasteiger partial charge in [0.05, 0.1) is 6.54 Å². The van der Waals surface area contributed by atoms with Gasteiger partial charge in [-0.3, -0.25) is 9.59 Å². The molecule has 0 aliphatic rings. The first kappa shape index (κ1) is 17.0. The molecule has 0 atom stereocenters. The van der Waals surface area contributed by atoms with Gasteiger partial charge in [0.1, 0.15) is 0 Å². The molecule has 0 fully saturated rings. The smallest absolute Gasteiger partial charge is 0.243 e. The fourth-order valence-electron chi connectivity index (χ4n) is 2.13. The molecule has 120 valence electrons. The number of anilines is 1. The number of nitrogens with one attached hydrogen (secondary N) is 2. The predicted octanol–water partition coefficient (Wildman–Crippen LogP) is 3.42. The first-order valence-electron chi connectivity index (χ1n) is 7.50. The molecule has 23 heavy (non-hydrogen) atoms. The lowest BCUT2D eigenvalue weighted by Crippen LogP contribution is -2.32. The molecule has 2 amide bonds. The predicted molar refractivity (Wildman–Crippen MR) is 92.5 cm³/mol. The molecule has 2 rings (SSSR count). The Morgan fingerprint density at radius 2 is 1.61 bits per heavy atom. The van der Waals surface area contributed by atoms with E-state index in [9.17, 15) is 9.59 Å². The normalized spacial score (nSPS) is 10.1. The van der Waals surface area contributed by atoms with Gasteiger partial charge in [0.25, 0.3) is 0 Å². The largest absolute Gasteiger partial charge is 0.347 e. The monoisotopic (exact) mass is 330 g/mol. The van der Waals surface area contributed by atoms with Crippen LogP contribution in [-0.4, -0.2) is 18.4 Å². The van der Waals surface area contributed by atoms with E-state index in [4.69, 9.17) is 11.6 Å². The third-order valence-corrected chi connectivity index (χ3v) is 3.68. The van der Waals surface area contributed by atoms with Gasteiger partial charge in [-0.25, -0.2) is 0 Å². The second kappa shape index (κ2) is 8.96. The van der Waals surface area contributed by atoms with E-state index in [1.54, 1.807) is 12.1 Å². The van der Waals surface area contributed by atoms with E-state index in [1.165, 1.54) is 0 Å². The van der Waals surface area contributed by atoms with E-state index in [0.717, 1.165) is 17.0 Å². The third-order valence-electron chi connectivity index (χ3n) is 3.31. The minimum absolute atomic E-state index is 0.0280. The van der Waals surface area contributed by atoms with Crippen LogP contribution >= 0.6 is 11.6 Å². The lowest BCUT2D eigenvalue weighted by atomic mass is 10.1. The Balaban J connectivity index is 1.65. The number of hydrogen-bond acceptors (Lipinski definition) is 2. The highest BCUT2D eigenvalue weighted by Gasteiger charge is 2.06. The summed E-state index contributed by atoms with van der Waals surface area (Å²) < 4.78 is 0. The molecule has 0 aliphatic heterocycles. The molecule has 2 N–H and O–H groups in total. The number of benzene rings is 2. The van der Waals surface area contributed by atoms with Crippen molar-refractivity contribution in [3.05, 3.63) is 65.2 Å². The van der Waals surface area contributed by atoms with Crippen LogP contribution < -0.4 is 10.6 Å². The molecular weight excluding hydrogens is 312 g/mol. The number of amides is 2. The van der Waals surface area contributed by atoms with Crippen molar-refractivity contribution in [2.75, 3.05) is 11.9 Å². The number of carbonyl (C=O) groups excluding carboxylic acids is 2. The minimum Gasteiger partial charge on any atom is -0.347 e. The second-order valence-electron chi connectivity index (χ2n) is 5.14. The summed E-state index contributed by atoms with van der Waals surface area (Å²) in [6.07, 6.45) is 1.79. The van der Waals surface area contributed by atoms with Crippen molar-refractivity contribution in [1.29, 1.82) is 0 Å². The Bertz CT molecular complexity index is 659. The average molecular weight is 331 g/mol. The van der Waals surface area contributed by atoms with Crippen LogP contribution in [0.15, 0.2) is 54.6 Å². The fourth-order valence-corrected chi connectivity index (χ4v) is 2.36. The number of rotatable bonds is 7. The van der Waals surface area contributed by atoms with Crippen molar-refractivity contribution in [2.45, 2.75) is 19.3 Å². The Kier molecular flexibility index (Phi) is 6.63. The summed E-state index contributed by atoms with van der Waals surface area (Å²) in [5.41, 5.74) is 1.74. The van der Waals surface area contributed by atoms with Crippen molar-refractivity contribution in [3.8, 4) is 0 Å². The Labute approximate surface area is 140 Å². The van der Waals surface area contributed by atoms with Crippen LogP contribution in [0.4, 0.5) is 5.69 Å². The Morgan fingerprint density at radius 1 is 0.913 bits per heavy atom. The first-order valence-corrected chi connectivity index (χ1v) is 7.88. The van der Waals surface area contributed by atoms with E-state index in [0.29, 0.717) is 18.5 Å². The third kappa shape index (κ3) is 6.12. The van der Waals surface area contributed by atoms with Gasteiger partial charge in [-0.15, -0.1) is 0 Å². The molecule has 2 aromatic rings. The van der Waals surface area contributed by atoms with Gasteiger partial charge in [0.15, 0.2) is 0 Å². The lowest BCUT2D eigenvalue weighted by Gasteiger charge is -2.07. The van der Waals surface area contributed by atoms with Gasteiger partial charge >= 0.3 is 0 Å². The molecule has 4 nitrogen and oxygen atoms in total. The maximum Gasteiger partial charge on any atom is 0.243 e. The lowest BCUT2D eigenvalue weighted by molar-refractivity contribution is -0.124. The molecular formula is C18H19ClN2O2. The van der Waals surface area contributed by atoms with Gasteiger partial charge in [0, 0.05) is 17.1 Å². The van der Waals surface area contributed by atoms with E-state index in [-0.39, 0.29) is 18.4 Å². The summed E-state index contributed by atoms with van der Waals surface area (Å²) in [7, 11) is 0. The highest BCUT2D eigenvalue weighted by atomic mass is 35.5. The van der Waals surface area contributed by atoms with Crippen LogP contribution in [0.5, 0.6) is 0 Å². The summed E-state index contributed by atoms with van der Waals surface area (Å²) in [6, 6.07) is 16.7. The molecule has 2 aromatic carbocycles. The number of carbonyl (C=O) groups is 2. The highest BCUT2D eigenvalue weighted by Crippen LogP contribution is 2.17. The Hall–Kier alpha value is -2.33. The van der Waals surface area contributed by atoms with Crippen molar-refractivity contribution in [2.24, 2.45) is 0 Å². The van der Waals surface area contributed by atoms with Gasteiger partial charge in [-0.1, -0.05) is 48.0 Å². The summed E-state index contributed by atoms with van der Waals surface area (Å²) in [5, 5.41) is 6.05. The van der Waals surface area contributed by atoms with Crippen molar-refractivity contribution < 1.29 is 9.59 Å². The van der Waals surface area contributed by atoms with Crippen molar-refractivity contribution in [1.82, 2.24) is 5.32 Å². The zero-order valence-corrected chi connectivity index (χ0v) is 13.5. The number of aryl methyl sites for hydroxylation is 1. The molecule has 0 aliphatic carbocycles. The topological polar surface area (TPSA) is 58.2 Å². The summed E-state index contributed by atoms with van der Waals surface area (Å²) in [4.78, 5) is 23.5. The maximum absolute atomic E-state index is 11.8. The summed E-state index contributed by atoms with van der Waals surface area (Å²) in [6.45, 7) is -0.0280. The standard InChI is InChI=1S/C18H19ClN2O2/c19-16-11-5-4-7-14(16)8-6-12-17(22)20-13-18(23)21-15-9-2-1-3-10-15/h1-5,7,9-11H,6,8,12-13H2,(H,20,22)(H,21,23). The van der Waals surface area contributed by atoms with Crippen LogP contribution in [-0.2, 0) is 16.0 Å². The van der Waals surface area contributed by atoms with Gasteiger partial charge in [-0.05, 0) is 36.6 Å². The molecule has 0 radical (unpaired) electrons. The molecule has 0 bridgehead atoms. The van der Waals surface area contributed by atoms with Crippen LogP contribution in [0.1, 0.15) is 18.4 Å². The summed E-state index contributed by atoms with van der Waals surface area (Å²) >= 11 is 6.07. The molecule has 5 heteroatoms. The second-order valence-corrected chi connectivity index (χ2v) is 5.54. The zero-order chi connectivity index (χ0) is 16.5. The highest BCUT2D eigenvalue weighted by molar-refractivity contribution is 6.31. The number of halogens is 1. The number of hydrogen-bond donors (Lipinski definition) is 2. The van der Waals surface area contributed by atoms with Gasteiger partial charge in [0.2, 0.25) is 11.8 Å². The minimum atomic E-state index is -0.240. The van der Waals surface area contributed by atoms with Crippen LogP contribution in [0, 0.1) is 0 Å².